The minimum absolute atomic E-state index is 0.134. The Bertz CT molecular complexity index is 1950. The fourth-order valence-corrected chi connectivity index (χ4v) is 7.84. The van der Waals surface area contributed by atoms with Gasteiger partial charge in [0.15, 0.2) is 11.5 Å². The Hall–Kier alpha value is -5.16. The average molecular weight is 707 g/mol. The van der Waals surface area contributed by atoms with Gasteiger partial charge in [0.05, 0.1) is 44.3 Å². The van der Waals surface area contributed by atoms with Crippen LogP contribution >= 0.6 is 0 Å². The highest BCUT2D eigenvalue weighted by Gasteiger charge is 2.46. The molecule has 5 aromatic rings. The molecule has 1 unspecified atom stereocenters. The first-order valence-electron chi connectivity index (χ1n) is 18.0. The molecule has 0 spiro atoms. The lowest BCUT2D eigenvalue weighted by Crippen LogP contribution is -2.43. The SMILES string of the molecule is COc1cc(CN2CCC(CCN3CCC(Nc4nc5ccccc5n4Cc4cccnc4)CC3)(Cc3ccc(F)cc3)C2=O)cc(OC)c1OC. The third kappa shape index (κ3) is 7.55. The zero-order valence-electron chi connectivity index (χ0n) is 30.2. The first-order valence-corrected chi connectivity index (χ1v) is 18.0. The van der Waals surface area contributed by atoms with Crippen molar-refractivity contribution in [2.24, 2.45) is 5.41 Å². The van der Waals surface area contributed by atoms with Crippen molar-refractivity contribution in [2.45, 2.75) is 51.2 Å². The van der Waals surface area contributed by atoms with Crippen LogP contribution < -0.4 is 19.5 Å². The van der Waals surface area contributed by atoms with Crippen LogP contribution in [-0.4, -0.2) is 83.8 Å². The molecular weight excluding hydrogens is 659 g/mol. The van der Waals surface area contributed by atoms with Crippen molar-refractivity contribution in [2.75, 3.05) is 52.8 Å². The molecule has 10 nitrogen and oxygen atoms in total. The Kier molecular flexibility index (Phi) is 10.6. The maximum absolute atomic E-state index is 14.4. The molecule has 0 bridgehead atoms. The van der Waals surface area contributed by atoms with E-state index in [0.29, 0.717) is 43.3 Å². The number of amides is 1. The maximum atomic E-state index is 14.4. The van der Waals surface area contributed by atoms with Crippen LogP contribution in [0.4, 0.5) is 10.3 Å². The van der Waals surface area contributed by atoms with Gasteiger partial charge in [-0.15, -0.1) is 0 Å². The Morgan fingerprint density at radius 2 is 1.62 bits per heavy atom. The van der Waals surface area contributed by atoms with Crippen molar-refractivity contribution in [3.05, 3.63) is 108 Å². The number of para-hydroxylation sites is 2. The number of rotatable bonds is 14. The average Bonchev–Trinajstić information content (AvgIpc) is 3.67. The van der Waals surface area contributed by atoms with Crippen LogP contribution in [-0.2, 0) is 24.3 Å². The van der Waals surface area contributed by atoms with E-state index in [0.717, 1.165) is 79.0 Å². The number of likely N-dealkylation sites (tertiary alicyclic amines) is 2. The molecule has 2 aliphatic rings. The number of carbonyl (C=O) groups excluding carboxylic acids is 1. The molecule has 3 aromatic carbocycles. The van der Waals surface area contributed by atoms with Crippen molar-refractivity contribution in [3.8, 4) is 17.2 Å². The highest BCUT2D eigenvalue weighted by Crippen LogP contribution is 2.42. The van der Waals surface area contributed by atoms with Gasteiger partial charge in [-0.1, -0.05) is 30.3 Å². The predicted octanol–water partition coefficient (Wildman–Crippen LogP) is 6.57. The number of piperidine rings is 1. The van der Waals surface area contributed by atoms with Crippen molar-refractivity contribution >= 4 is 22.9 Å². The molecule has 2 fully saturated rings. The molecule has 2 aliphatic heterocycles. The molecule has 1 N–H and O–H groups in total. The molecule has 1 amide bonds. The van der Waals surface area contributed by atoms with E-state index in [-0.39, 0.29) is 17.8 Å². The molecule has 1 atom stereocenters. The van der Waals surface area contributed by atoms with Crippen molar-refractivity contribution in [1.82, 2.24) is 24.3 Å². The van der Waals surface area contributed by atoms with Gasteiger partial charge < -0.3 is 33.9 Å². The van der Waals surface area contributed by atoms with Gasteiger partial charge in [-0.2, -0.15) is 0 Å². The Morgan fingerprint density at radius 3 is 2.31 bits per heavy atom. The second-order valence-corrected chi connectivity index (χ2v) is 14.0. The highest BCUT2D eigenvalue weighted by atomic mass is 19.1. The second kappa shape index (κ2) is 15.6. The minimum Gasteiger partial charge on any atom is -0.493 e. The predicted molar refractivity (Wildman–Crippen MR) is 199 cm³/mol. The Morgan fingerprint density at radius 1 is 0.865 bits per heavy atom. The first-order chi connectivity index (χ1) is 25.4. The van der Waals surface area contributed by atoms with Gasteiger partial charge >= 0.3 is 0 Å². The summed E-state index contributed by atoms with van der Waals surface area (Å²) < 4.78 is 32.8. The van der Waals surface area contributed by atoms with Crippen molar-refractivity contribution < 1.29 is 23.4 Å². The number of nitrogens with zero attached hydrogens (tertiary/aromatic N) is 5. The molecule has 0 saturated carbocycles. The largest absolute Gasteiger partial charge is 0.493 e. The van der Waals surface area contributed by atoms with Gasteiger partial charge in [-0.3, -0.25) is 9.78 Å². The number of pyridine rings is 1. The molecule has 2 aromatic heterocycles. The second-order valence-electron chi connectivity index (χ2n) is 14.0. The molecule has 4 heterocycles. The molecular formula is C41H47FN6O4. The number of halogens is 1. The van der Waals surface area contributed by atoms with Crippen molar-refractivity contribution in [1.29, 1.82) is 0 Å². The summed E-state index contributed by atoms with van der Waals surface area (Å²) in [6.07, 6.45) is 7.69. The zero-order chi connectivity index (χ0) is 36.1. The monoisotopic (exact) mass is 706 g/mol. The lowest BCUT2D eigenvalue weighted by Gasteiger charge is -2.35. The van der Waals surface area contributed by atoms with Crippen LogP contribution in [0, 0.1) is 11.2 Å². The fourth-order valence-electron chi connectivity index (χ4n) is 7.84. The van der Waals surface area contributed by atoms with Gasteiger partial charge in [-0.25, -0.2) is 9.37 Å². The van der Waals surface area contributed by atoms with Crippen LogP contribution in [0.3, 0.4) is 0 Å². The number of hydrogen-bond acceptors (Lipinski definition) is 8. The number of nitrogens with one attached hydrogen (secondary N) is 1. The number of ether oxygens (including phenoxy) is 3. The van der Waals surface area contributed by atoms with Crippen LogP contribution in [0.2, 0.25) is 0 Å². The normalized spacial score (nSPS) is 18.2. The molecule has 0 aliphatic carbocycles. The van der Waals surface area contributed by atoms with Gasteiger partial charge in [0.2, 0.25) is 17.6 Å². The molecule has 2 saturated heterocycles. The lowest BCUT2D eigenvalue weighted by atomic mass is 9.77. The number of imidazole rings is 1. The van der Waals surface area contributed by atoms with Gasteiger partial charge in [0.25, 0.3) is 0 Å². The van der Waals surface area contributed by atoms with Crippen LogP contribution in [0.15, 0.2) is 85.2 Å². The summed E-state index contributed by atoms with van der Waals surface area (Å²) in [5.74, 6) is 2.38. The molecule has 7 rings (SSSR count). The lowest BCUT2D eigenvalue weighted by molar-refractivity contribution is -0.137. The number of fused-ring (bicyclic) bond motifs is 1. The minimum atomic E-state index is -0.579. The van der Waals surface area contributed by atoms with Crippen LogP contribution in [0.5, 0.6) is 17.2 Å². The number of anilines is 1. The number of hydrogen-bond donors (Lipinski definition) is 1. The van der Waals surface area contributed by atoms with E-state index >= 15 is 0 Å². The topological polar surface area (TPSA) is 94.0 Å². The van der Waals surface area contributed by atoms with E-state index < -0.39 is 5.41 Å². The van der Waals surface area contributed by atoms with E-state index in [4.69, 9.17) is 19.2 Å². The summed E-state index contributed by atoms with van der Waals surface area (Å²) in [6.45, 7) is 4.44. The third-order valence-corrected chi connectivity index (χ3v) is 10.7. The summed E-state index contributed by atoms with van der Waals surface area (Å²) in [5.41, 5.74) is 4.49. The number of aromatic nitrogens is 3. The summed E-state index contributed by atoms with van der Waals surface area (Å²) >= 11 is 0. The number of methoxy groups -OCH3 is 3. The quantitative estimate of drug-likeness (QED) is 0.139. The van der Waals surface area contributed by atoms with E-state index in [9.17, 15) is 9.18 Å². The van der Waals surface area contributed by atoms with E-state index in [1.54, 1.807) is 27.5 Å². The summed E-state index contributed by atoms with van der Waals surface area (Å²) in [4.78, 5) is 28.1. The van der Waals surface area contributed by atoms with Crippen LogP contribution in [0.25, 0.3) is 11.0 Å². The molecule has 0 radical (unpaired) electrons. The van der Waals surface area contributed by atoms with E-state index in [2.05, 4.69) is 44.0 Å². The van der Waals surface area contributed by atoms with Crippen molar-refractivity contribution in [3.63, 3.8) is 0 Å². The first kappa shape index (κ1) is 35.3. The smallest absolute Gasteiger partial charge is 0.229 e. The van der Waals surface area contributed by atoms with E-state index in [1.807, 2.05) is 47.5 Å². The molecule has 52 heavy (non-hydrogen) atoms. The fraction of sp³-hybridized carbons (Fsp3) is 0.390. The standard InChI is InChI=1S/C41H47FN6O4/c1-50-36-23-31(24-37(51-2)38(36)52-3)27-47-22-17-41(39(47)49,25-29-10-12-32(42)13-11-29)16-21-46-19-14-33(15-20-46)44-40-45-34-8-4-5-9-35(34)48(40)28-30-7-6-18-43-26-30/h4-13,18,23-24,26,33H,14-17,19-22,25,27-28H2,1-3H3,(H,44,45). The Labute approximate surface area is 304 Å². The van der Waals surface area contributed by atoms with Gasteiger partial charge in [0.1, 0.15) is 5.82 Å². The summed E-state index contributed by atoms with van der Waals surface area (Å²) in [5, 5.41) is 3.77. The van der Waals surface area contributed by atoms with Gasteiger partial charge in [-0.05, 0) is 97.8 Å². The Balaban J connectivity index is 1.02. The highest BCUT2D eigenvalue weighted by molar-refractivity contribution is 5.85. The number of benzene rings is 3. The third-order valence-electron chi connectivity index (χ3n) is 10.7. The summed E-state index contributed by atoms with van der Waals surface area (Å²) in [6, 6.07) is 23.0. The van der Waals surface area contributed by atoms with Crippen LogP contribution in [0.1, 0.15) is 42.4 Å². The maximum Gasteiger partial charge on any atom is 0.229 e. The molecule has 272 valence electrons. The zero-order valence-corrected chi connectivity index (χ0v) is 30.2. The number of carbonyl (C=O) groups is 1. The van der Waals surface area contributed by atoms with Gasteiger partial charge in [0, 0.05) is 44.6 Å². The van der Waals surface area contributed by atoms with E-state index in [1.165, 1.54) is 12.1 Å². The molecule has 11 heteroatoms. The summed E-state index contributed by atoms with van der Waals surface area (Å²) in [7, 11) is 4.76.